The van der Waals surface area contributed by atoms with Gasteiger partial charge in [-0.3, -0.25) is 9.36 Å². The summed E-state index contributed by atoms with van der Waals surface area (Å²) in [6.07, 6.45) is 4.46. The van der Waals surface area contributed by atoms with Crippen LogP contribution in [0, 0.1) is 13.8 Å². The first-order valence-corrected chi connectivity index (χ1v) is 13.0. The van der Waals surface area contributed by atoms with Crippen molar-refractivity contribution in [1.82, 2.24) is 20.0 Å². The summed E-state index contributed by atoms with van der Waals surface area (Å²) in [5.74, 6) is 1.70. The molecule has 0 radical (unpaired) electrons. The number of hydrogen-bond acceptors (Lipinski definition) is 7. The molecule has 1 atom stereocenters. The largest absolute Gasteiger partial charge is 0.496 e. The molecule has 1 N–H and O–H groups in total. The second kappa shape index (κ2) is 9.19. The van der Waals surface area contributed by atoms with E-state index < -0.39 is 0 Å². The van der Waals surface area contributed by atoms with Crippen LogP contribution in [-0.4, -0.2) is 27.9 Å². The minimum atomic E-state index is 0.0412. The van der Waals surface area contributed by atoms with E-state index in [1.165, 1.54) is 10.4 Å². The van der Waals surface area contributed by atoms with E-state index in [1.807, 2.05) is 44.2 Å². The van der Waals surface area contributed by atoms with Crippen molar-refractivity contribution in [2.24, 2.45) is 0 Å². The van der Waals surface area contributed by atoms with Gasteiger partial charge in [0.05, 0.1) is 31.1 Å². The van der Waals surface area contributed by atoms with Crippen LogP contribution in [0.2, 0.25) is 0 Å². The topological polar surface area (TPSA) is 82.2 Å². The first-order chi connectivity index (χ1) is 17.5. The van der Waals surface area contributed by atoms with Gasteiger partial charge in [-0.05, 0) is 55.7 Å². The van der Waals surface area contributed by atoms with E-state index in [9.17, 15) is 4.79 Å². The molecule has 6 rings (SSSR count). The van der Waals surface area contributed by atoms with E-state index in [2.05, 4.69) is 16.5 Å². The Morgan fingerprint density at radius 2 is 2.03 bits per heavy atom. The highest BCUT2D eigenvalue weighted by Gasteiger charge is 2.25. The van der Waals surface area contributed by atoms with Crippen molar-refractivity contribution >= 4 is 32.3 Å². The summed E-state index contributed by atoms with van der Waals surface area (Å²) in [5, 5.41) is 10.6. The second-order valence-electron chi connectivity index (χ2n) is 9.46. The van der Waals surface area contributed by atoms with Crippen molar-refractivity contribution in [3.05, 3.63) is 86.1 Å². The van der Waals surface area contributed by atoms with Crippen molar-refractivity contribution in [3.8, 4) is 5.75 Å². The molecule has 0 saturated carbocycles. The third-order valence-electron chi connectivity index (χ3n) is 7.32. The zero-order valence-corrected chi connectivity index (χ0v) is 21.4. The number of benzene rings is 2. The monoisotopic (exact) mass is 500 g/mol. The smallest absolute Gasteiger partial charge is 0.262 e. The fourth-order valence-electron chi connectivity index (χ4n) is 5.32. The van der Waals surface area contributed by atoms with Crippen LogP contribution in [-0.2, 0) is 25.9 Å². The van der Waals surface area contributed by atoms with Crippen LogP contribution in [0.4, 0.5) is 0 Å². The molecule has 3 heterocycles. The number of fused-ring (bicyclic) bond motifs is 4. The molecule has 1 aliphatic rings. The molecule has 8 heteroatoms. The Labute approximate surface area is 212 Å². The number of hydrogen-bond donors (Lipinski definition) is 1. The molecule has 0 aliphatic heterocycles. The lowest BCUT2D eigenvalue weighted by Crippen LogP contribution is -2.34. The quantitative estimate of drug-likeness (QED) is 0.356. The van der Waals surface area contributed by atoms with E-state index in [1.54, 1.807) is 29.3 Å². The highest BCUT2D eigenvalue weighted by atomic mass is 32.1. The Morgan fingerprint density at radius 1 is 1.19 bits per heavy atom. The van der Waals surface area contributed by atoms with Gasteiger partial charge in [0.25, 0.3) is 5.56 Å². The minimum Gasteiger partial charge on any atom is -0.496 e. The molecule has 5 aromatic rings. The lowest BCUT2D eigenvalue weighted by molar-refractivity contribution is 0.390. The fourth-order valence-corrected chi connectivity index (χ4v) is 6.58. The summed E-state index contributed by atoms with van der Waals surface area (Å²) < 4.78 is 12.6. The van der Waals surface area contributed by atoms with Gasteiger partial charge in [0, 0.05) is 28.4 Å². The highest BCUT2D eigenvalue weighted by Crippen LogP contribution is 2.34. The van der Waals surface area contributed by atoms with E-state index in [0.29, 0.717) is 12.6 Å². The summed E-state index contributed by atoms with van der Waals surface area (Å²) in [6, 6.07) is 12.5. The van der Waals surface area contributed by atoms with Gasteiger partial charge in [-0.25, -0.2) is 4.98 Å². The zero-order valence-electron chi connectivity index (χ0n) is 20.6. The predicted octanol–water partition coefficient (Wildman–Crippen LogP) is 4.92. The van der Waals surface area contributed by atoms with Crippen LogP contribution < -0.4 is 15.6 Å². The van der Waals surface area contributed by atoms with Gasteiger partial charge in [0.2, 0.25) is 0 Å². The summed E-state index contributed by atoms with van der Waals surface area (Å²) in [6.45, 7) is 5.14. The predicted molar refractivity (Wildman–Crippen MR) is 142 cm³/mol. The Hall–Kier alpha value is -3.49. The van der Waals surface area contributed by atoms with Crippen LogP contribution in [0.15, 0.2) is 52.0 Å². The molecule has 0 saturated heterocycles. The standard InChI is InChI=1S/C28H28N4O3S/c1-16-23(17(2)35-31-16)13-29-19-9-10-22-25(12-19)36-27-26(22)28(33)32(15-30-27)14-18-8-11-24(34-3)21-7-5-4-6-20(18)21/h4-8,11,15,19,29H,9-10,12-14H2,1-3H3/t19-/m1/s1. The zero-order chi connectivity index (χ0) is 24.8. The Kier molecular flexibility index (Phi) is 5.85. The first-order valence-electron chi connectivity index (χ1n) is 12.2. The summed E-state index contributed by atoms with van der Waals surface area (Å²) in [7, 11) is 1.68. The van der Waals surface area contributed by atoms with Gasteiger partial charge in [-0.2, -0.15) is 0 Å². The third-order valence-corrected chi connectivity index (χ3v) is 8.48. The van der Waals surface area contributed by atoms with E-state index in [4.69, 9.17) is 14.2 Å². The molecule has 184 valence electrons. The van der Waals surface area contributed by atoms with E-state index >= 15 is 0 Å². The summed E-state index contributed by atoms with van der Waals surface area (Å²) in [4.78, 5) is 20.5. The first kappa shape index (κ1) is 22.9. The maximum Gasteiger partial charge on any atom is 0.262 e. The molecule has 0 fully saturated rings. The minimum absolute atomic E-state index is 0.0412. The van der Waals surface area contributed by atoms with E-state index in [0.717, 1.165) is 75.1 Å². The van der Waals surface area contributed by atoms with Crippen molar-refractivity contribution in [2.45, 2.75) is 52.2 Å². The number of rotatable bonds is 6. The molecule has 0 bridgehead atoms. The molecule has 0 unspecified atom stereocenters. The number of methoxy groups -OCH3 is 1. The van der Waals surface area contributed by atoms with Crippen molar-refractivity contribution in [1.29, 1.82) is 0 Å². The molecule has 0 spiro atoms. The molecule has 1 aliphatic carbocycles. The average Bonchev–Trinajstić information content (AvgIpc) is 3.43. The summed E-state index contributed by atoms with van der Waals surface area (Å²) in [5.41, 5.74) is 4.36. The van der Waals surface area contributed by atoms with Gasteiger partial charge in [-0.15, -0.1) is 11.3 Å². The van der Waals surface area contributed by atoms with Crippen molar-refractivity contribution in [3.63, 3.8) is 0 Å². The Balaban J connectivity index is 1.28. The van der Waals surface area contributed by atoms with Gasteiger partial charge in [-0.1, -0.05) is 35.5 Å². The van der Waals surface area contributed by atoms with Crippen LogP contribution in [0.5, 0.6) is 5.75 Å². The Morgan fingerprint density at radius 3 is 2.81 bits per heavy atom. The van der Waals surface area contributed by atoms with Gasteiger partial charge >= 0.3 is 0 Å². The number of aromatic nitrogens is 3. The normalized spacial score (nSPS) is 15.5. The number of ether oxygens (including phenoxy) is 1. The van der Waals surface area contributed by atoms with Gasteiger partial charge in [0.1, 0.15) is 16.3 Å². The van der Waals surface area contributed by atoms with Crippen LogP contribution in [0.3, 0.4) is 0 Å². The van der Waals surface area contributed by atoms with Crippen LogP contribution >= 0.6 is 11.3 Å². The van der Waals surface area contributed by atoms with E-state index in [-0.39, 0.29) is 5.56 Å². The maximum absolute atomic E-state index is 13.6. The SMILES string of the molecule is COc1ccc(Cn2cnc3sc4c(c3c2=O)CC[C@@H](NCc2c(C)noc2C)C4)c2ccccc12. The van der Waals surface area contributed by atoms with Gasteiger partial charge in [0.15, 0.2) is 0 Å². The average molecular weight is 501 g/mol. The van der Waals surface area contributed by atoms with Gasteiger partial charge < -0.3 is 14.6 Å². The lowest BCUT2D eigenvalue weighted by atomic mass is 9.93. The molecule has 36 heavy (non-hydrogen) atoms. The fraction of sp³-hybridized carbons (Fsp3) is 0.321. The number of nitrogens with one attached hydrogen (secondary N) is 1. The molecule has 3 aromatic heterocycles. The van der Waals surface area contributed by atoms with Crippen LogP contribution in [0.25, 0.3) is 21.0 Å². The molecular formula is C28H28N4O3S. The molecule has 7 nitrogen and oxygen atoms in total. The Bertz CT molecular complexity index is 1630. The molecule has 2 aromatic carbocycles. The highest BCUT2D eigenvalue weighted by molar-refractivity contribution is 7.18. The summed E-state index contributed by atoms with van der Waals surface area (Å²) >= 11 is 1.66. The maximum atomic E-state index is 13.6. The number of thiophene rings is 1. The lowest BCUT2D eigenvalue weighted by Gasteiger charge is -2.23. The van der Waals surface area contributed by atoms with Crippen LogP contribution in [0.1, 0.15) is 39.4 Å². The van der Waals surface area contributed by atoms with Crippen molar-refractivity contribution < 1.29 is 9.26 Å². The second-order valence-corrected chi connectivity index (χ2v) is 10.5. The number of aryl methyl sites for hydroxylation is 3. The van der Waals surface area contributed by atoms with Crippen molar-refractivity contribution in [2.75, 3.05) is 7.11 Å². The molecule has 0 amide bonds. The third kappa shape index (κ3) is 3.90. The molecular weight excluding hydrogens is 472 g/mol. The number of nitrogens with zero attached hydrogens (tertiary/aromatic N) is 3.